The number of hydrogen-bond donors (Lipinski definition) is 1. The summed E-state index contributed by atoms with van der Waals surface area (Å²) >= 11 is 0. The summed E-state index contributed by atoms with van der Waals surface area (Å²) < 4.78 is 6.00. The first-order valence-electron chi connectivity index (χ1n) is 6.17. The van der Waals surface area contributed by atoms with E-state index in [2.05, 4.69) is 39.0 Å². The fraction of sp³-hybridized carbons (Fsp3) is 0.571. The van der Waals surface area contributed by atoms with Crippen LogP contribution in [0.5, 0.6) is 5.75 Å². The molecule has 2 N–H and O–H groups in total. The molecule has 2 nitrogen and oxygen atoms in total. The van der Waals surface area contributed by atoms with Crippen molar-refractivity contribution in [3.63, 3.8) is 0 Å². The highest BCUT2D eigenvalue weighted by Crippen LogP contribution is 2.23. The Balaban J connectivity index is 2.84. The maximum atomic E-state index is 6.00. The minimum absolute atomic E-state index is 0.319. The van der Waals surface area contributed by atoms with Crippen LogP contribution in [0.1, 0.15) is 37.8 Å². The standard InChI is InChI=1S/C14H23NO/c1-4-13(5-2)16-14-7-6-11(3)10-12(14)8-9-15/h6-7,10,13H,4-5,8-9,15H2,1-3H3. The van der Waals surface area contributed by atoms with Gasteiger partial charge in [-0.2, -0.15) is 0 Å². The van der Waals surface area contributed by atoms with Crippen LogP contribution in [0.25, 0.3) is 0 Å². The Bertz CT molecular complexity index is 319. The van der Waals surface area contributed by atoms with Gasteiger partial charge in [0.1, 0.15) is 5.75 Å². The number of ether oxygens (including phenoxy) is 1. The molecular weight excluding hydrogens is 198 g/mol. The Morgan fingerprint density at radius 2 is 1.94 bits per heavy atom. The SMILES string of the molecule is CCC(CC)Oc1ccc(C)cc1CCN. The predicted octanol–water partition coefficient (Wildman–Crippen LogP) is 3.06. The van der Waals surface area contributed by atoms with E-state index in [4.69, 9.17) is 10.5 Å². The van der Waals surface area contributed by atoms with Crippen molar-refractivity contribution in [2.45, 2.75) is 46.1 Å². The molecule has 0 aromatic heterocycles. The van der Waals surface area contributed by atoms with Gasteiger partial charge in [-0.1, -0.05) is 31.5 Å². The van der Waals surface area contributed by atoms with Gasteiger partial charge < -0.3 is 10.5 Å². The van der Waals surface area contributed by atoms with Crippen molar-refractivity contribution in [1.82, 2.24) is 0 Å². The smallest absolute Gasteiger partial charge is 0.122 e. The van der Waals surface area contributed by atoms with Crippen LogP contribution >= 0.6 is 0 Å². The van der Waals surface area contributed by atoms with Crippen molar-refractivity contribution >= 4 is 0 Å². The second-order valence-corrected chi connectivity index (χ2v) is 4.21. The van der Waals surface area contributed by atoms with E-state index in [0.717, 1.165) is 25.0 Å². The molecule has 0 fully saturated rings. The second-order valence-electron chi connectivity index (χ2n) is 4.21. The van der Waals surface area contributed by atoms with Crippen molar-refractivity contribution in [3.05, 3.63) is 29.3 Å². The summed E-state index contributed by atoms with van der Waals surface area (Å²) in [5.74, 6) is 1.00. The van der Waals surface area contributed by atoms with Crippen LogP contribution < -0.4 is 10.5 Å². The molecule has 90 valence electrons. The molecule has 0 unspecified atom stereocenters. The molecule has 0 aliphatic rings. The molecule has 1 rings (SSSR count). The minimum Gasteiger partial charge on any atom is -0.490 e. The molecule has 0 saturated heterocycles. The molecule has 16 heavy (non-hydrogen) atoms. The highest BCUT2D eigenvalue weighted by molar-refractivity contribution is 5.37. The molecule has 0 aliphatic carbocycles. The van der Waals surface area contributed by atoms with Crippen LogP contribution in [-0.2, 0) is 6.42 Å². The maximum Gasteiger partial charge on any atom is 0.122 e. The van der Waals surface area contributed by atoms with Crippen molar-refractivity contribution in [1.29, 1.82) is 0 Å². The Morgan fingerprint density at radius 1 is 1.25 bits per heavy atom. The lowest BCUT2D eigenvalue weighted by atomic mass is 10.1. The van der Waals surface area contributed by atoms with E-state index in [1.807, 2.05) is 0 Å². The zero-order valence-corrected chi connectivity index (χ0v) is 10.6. The summed E-state index contributed by atoms with van der Waals surface area (Å²) in [7, 11) is 0. The lowest BCUT2D eigenvalue weighted by molar-refractivity contribution is 0.191. The van der Waals surface area contributed by atoms with Gasteiger partial charge in [-0.3, -0.25) is 0 Å². The van der Waals surface area contributed by atoms with E-state index in [-0.39, 0.29) is 0 Å². The van der Waals surface area contributed by atoms with Crippen LogP contribution in [0, 0.1) is 6.92 Å². The number of aryl methyl sites for hydroxylation is 1. The second kappa shape index (κ2) is 6.54. The molecule has 0 spiro atoms. The maximum absolute atomic E-state index is 6.00. The summed E-state index contributed by atoms with van der Waals surface area (Å²) in [5, 5.41) is 0. The van der Waals surface area contributed by atoms with Gasteiger partial charge in [-0.25, -0.2) is 0 Å². The number of nitrogens with two attached hydrogens (primary N) is 1. The average Bonchev–Trinajstić information content (AvgIpc) is 2.29. The lowest BCUT2D eigenvalue weighted by Gasteiger charge is -2.18. The van der Waals surface area contributed by atoms with E-state index in [1.165, 1.54) is 11.1 Å². The van der Waals surface area contributed by atoms with Gasteiger partial charge in [0, 0.05) is 0 Å². The van der Waals surface area contributed by atoms with Gasteiger partial charge in [-0.15, -0.1) is 0 Å². The first kappa shape index (κ1) is 13.0. The van der Waals surface area contributed by atoms with Gasteiger partial charge in [0.2, 0.25) is 0 Å². The van der Waals surface area contributed by atoms with E-state index in [0.29, 0.717) is 12.6 Å². The fourth-order valence-corrected chi connectivity index (χ4v) is 1.81. The van der Waals surface area contributed by atoms with Gasteiger partial charge in [0.25, 0.3) is 0 Å². The normalized spacial score (nSPS) is 10.8. The predicted molar refractivity (Wildman–Crippen MR) is 68.9 cm³/mol. The van der Waals surface area contributed by atoms with Crippen LogP contribution in [0.4, 0.5) is 0 Å². The third kappa shape index (κ3) is 3.53. The highest BCUT2D eigenvalue weighted by atomic mass is 16.5. The molecule has 0 radical (unpaired) electrons. The molecule has 1 aromatic carbocycles. The summed E-state index contributed by atoms with van der Waals surface area (Å²) in [6, 6.07) is 6.33. The molecule has 0 atom stereocenters. The zero-order chi connectivity index (χ0) is 12.0. The van der Waals surface area contributed by atoms with E-state index < -0.39 is 0 Å². The lowest BCUT2D eigenvalue weighted by Crippen LogP contribution is -2.15. The number of benzene rings is 1. The van der Waals surface area contributed by atoms with Crippen molar-refractivity contribution in [3.8, 4) is 5.75 Å². The summed E-state index contributed by atoms with van der Waals surface area (Å²) in [5.41, 5.74) is 8.11. The third-order valence-corrected chi connectivity index (χ3v) is 2.83. The highest BCUT2D eigenvalue weighted by Gasteiger charge is 2.09. The monoisotopic (exact) mass is 221 g/mol. The zero-order valence-electron chi connectivity index (χ0n) is 10.6. The molecule has 2 heteroatoms. The fourth-order valence-electron chi connectivity index (χ4n) is 1.81. The first-order chi connectivity index (χ1) is 7.71. The number of rotatable bonds is 6. The van der Waals surface area contributed by atoms with E-state index in [9.17, 15) is 0 Å². The Morgan fingerprint density at radius 3 is 2.50 bits per heavy atom. The van der Waals surface area contributed by atoms with E-state index in [1.54, 1.807) is 0 Å². The summed E-state index contributed by atoms with van der Waals surface area (Å²) in [6.45, 7) is 7.08. The minimum atomic E-state index is 0.319. The van der Waals surface area contributed by atoms with Gasteiger partial charge >= 0.3 is 0 Å². The van der Waals surface area contributed by atoms with Crippen LogP contribution in [-0.4, -0.2) is 12.6 Å². The molecule has 1 aromatic rings. The number of hydrogen-bond acceptors (Lipinski definition) is 2. The van der Waals surface area contributed by atoms with E-state index >= 15 is 0 Å². The third-order valence-electron chi connectivity index (χ3n) is 2.83. The first-order valence-corrected chi connectivity index (χ1v) is 6.17. The van der Waals surface area contributed by atoms with Crippen LogP contribution in [0.15, 0.2) is 18.2 Å². The van der Waals surface area contributed by atoms with Crippen LogP contribution in [0.3, 0.4) is 0 Å². The van der Waals surface area contributed by atoms with Crippen molar-refractivity contribution < 1.29 is 4.74 Å². The summed E-state index contributed by atoms with van der Waals surface area (Å²) in [4.78, 5) is 0. The Hall–Kier alpha value is -1.02. The molecule has 0 aliphatic heterocycles. The molecule has 0 amide bonds. The Kier molecular flexibility index (Phi) is 5.33. The largest absolute Gasteiger partial charge is 0.490 e. The molecular formula is C14H23NO. The van der Waals surface area contributed by atoms with Crippen LogP contribution in [0.2, 0.25) is 0 Å². The Labute approximate surface area is 98.8 Å². The molecule has 0 saturated carbocycles. The quantitative estimate of drug-likeness (QED) is 0.801. The van der Waals surface area contributed by atoms with Gasteiger partial charge in [0.05, 0.1) is 6.10 Å². The topological polar surface area (TPSA) is 35.2 Å². The molecule has 0 bridgehead atoms. The summed E-state index contributed by atoms with van der Waals surface area (Å²) in [6.07, 6.45) is 3.30. The van der Waals surface area contributed by atoms with Gasteiger partial charge in [-0.05, 0) is 44.4 Å². The van der Waals surface area contributed by atoms with Crippen molar-refractivity contribution in [2.75, 3.05) is 6.54 Å². The van der Waals surface area contributed by atoms with Crippen molar-refractivity contribution in [2.24, 2.45) is 5.73 Å². The average molecular weight is 221 g/mol. The van der Waals surface area contributed by atoms with Gasteiger partial charge in [0.15, 0.2) is 0 Å². The molecule has 0 heterocycles.